The predicted octanol–water partition coefficient (Wildman–Crippen LogP) is 2.30. The van der Waals surface area contributed by atoms with Gasteiger partial charge in [-0.2, -0.15) is 0 Å². The highest BCUT2D eigenvalue weighted by atomic mass is 79.9. The maximum Gasteiger partial charge on any atom is 0.261 e. The van der Waals surface area contributed by atoms with Crippen LogP contribution in [0, 0.1) is 0 Å². The zero-order valence-electron chi connectivity index (χ0n) is 11.3. The topological polar surface area (TPSA) is 95.5 Å². The molecule has 2 aromatic carbocycles. The second kappa shape index (κ2) is 6.91. The minimum atomic E-state index is -3.66. The van der Waals surface area contributed by atoms with E-state index in [1.165, 1.54) is 17.6 Å². The molecule has 2 aromatic rings. The van der Waals surface area contributed by atoms with Crippen LogP contribution < -0.4 is 10.2 Å². The summed E-state index contributed by atoms with van der Waals surface area (Å²) in [4.78, 5) is 11.2. The molecule has 2 rings (SSSR count). The zero-order chi connectivity index (χ0) is 16.2. The highest BCUT2D eigenvalue weighted by Gasteiger charge is 2.13. The molecule has 8 heteroatoms. The number of hydrogen-bond donors (Lipinski definition) is 3. The molecule has 0 radical (unpaired) electrons. The Morgan fingerprint density at radius 2 is 1.64 bits per heavy atom. The Kier molecular flexibility index (Phi) is 5.17. The van der Waals surface area contributed by atoms with Gasteiger partial charge in [0.1, 0.15) is 0 Å². The first-order valence-electron chi connectivity index (χ1n) is 6.21. The summed E-state index contributed by atoms with van der Waals surface area (Å²) in [6.07, 6.45) is 0.0102. The Bertz CT molecular complexity index is 758. The molecule has 0 aliphatic carbocycles. The molecular weight excluding hydrogens is 372 g/mol. The number of hydrogen-bond acceptors (Lipinski definition) is 4. The van der Waals surface area contributed by atoms with Crippen molar-refractivity contribution >= 4 is 37.5 Å². The van der Waals surface area contributed by atoms with Crippen LogP contribution in [0.5, 0.6) is 0 Å². The Morgan fingerprint density at radius 1 is 1.05 bits per heavy atom. The molecule has 3 N–H and O–H groups in total. The van der Waals surface area contributed by atoms with Crippen molar-refractivity contribution in [3.05, 3.63) is 58.6 Å². The van der Waals surface area contributed by atoms with Gasteiger partial charge < -0.3 is 0 Å². The van der Waals surface area contributed by atoms with Crippen molar-refractivity contribution in [2.45, 2.75) is 11.3 Å². The van der Waals surface area contributed by atoms with Gasteiger partial charge in [0.15, 0.2) is 0 Å². The maximum absolute atomic E-state index is 12.2. The van der Waals surface area contributed by atoms with E-state index in [4.69, 9.17) is 5.21 Å². The summed E-state index contributed by atoms with van der Waals surface area (Å²) in [6, 6.07) is 12.6. The number of hydroxylamine groups is 1. The predicted molar refractivity (Wildman–Crippen MR) is 85.0 cm³/mol. The minimum Gasteiger partial charge on any atom is -0.289 e. The van der Waals surface area contributed by atoms with E-state index in [0.717, 1.165) is 4.47 Å². The van der Waals surface area contributed by atoms with E-state index < -0.39 is 15.9 Å². The van der Waals surface area contributed by atoms with Gasteiger partial charge in [-0.3, -0.25) is 14.7 Å². The van der Waals surface area contributed by atoms with Crippen molar-refractivity contribution in [3.63, 3.8) is 0 Å². The number of nitrogens with one attached hydrogen (secondary N) is 2. The van der Waals surface area contributed by atoms with Crippen LogP contribution >= 0.6 is 15.9 Å². The first kappa shape index (κ1) is 16.5. The quantitative estimate of drug-likeness (QED) is 0.544. The van der Waals surface area contributed by atoms with E-state index in [-0.39, 0.29) is 11.3 Å². The molecule has 0 fully saturated rings. The van der Waals surface area contributed by atoms with E-state index in [1.807, 2.05) is 0 Å². The molecule has 0 aliphatic heterocycles. The van der Waals surface area contributed by atoms with Crippen molar-refractivity contribution in [1.82, 2.24) is 5.48 Å². The third-order valence-electron chi connectivity index (χ3n) is 2.82. The fourth-order valence-electron chi connectivity index (χ4n) is 1.74. The van der Waals surface area contributed by atoms with E-state index in [1.54, 1.807) is 36.4 Å². The van der Waals surface area contributed by atoms with Crippen LogP contribution in [-0.2, 0) is 21.2 Å². The molecule has 1 amide bonds. The fourth-order valence-corrected chi connectivity index (χ4v) is 3.07. The summed E-state index contributed by atoms with van der Waals surface area (Å²) in [5.41, 5.74) is 2.57. The summed E-state index contributed by atoms with van der Waals surface area (Å²) in [5.74, 6) is -0.539. The normalized spacial score (nSPS) is 11.0. The van der Waals surface area contributed by atoms with Gasteiger partial charge in [-0.15, -0.1) is 0 Å². The molecule has 0 aromatic heterocycles. The van der Waals surface area contributed by atoms with E-state index in [2.05, 4.69) is 20.7 Å². The maximum atomic E-state index is 12.2. The van der Waals surface area contributed by atoms with E-state index in [9.17, 15) is 13.2 Å². The van der Waals surface area contributed by atoms with Crippen molar-refractivity contribution in [1.29, 1.82) is 0 Å². The molecular formula is C14H13BrN2O4S. The zero-order valence-corrected chi connectivity index (χ0v) is 13.7. The van der Waals surface area contributed by atoms with Crippen molar-refractivity contribution in [3.8, 4) is 0 Å². The molecule has 0 unspecified atom stereocenters. The molecule has 0 bridgehead atoms. The number of carbonyl (C=O) groups excluding carboxylic acids is 1. The molecule has 0 aliphatic rings. The summed E-state index contributed by atoms with van der Waals surface area (Å²) in [7, 11) is -3.66. The highest BCUT2D eigenvalue weighted by molar-refractivity contribution is 9.10. The van der Waals surface area contributed by atoms with Crippen molar-refractivity contribution in [2.75, 3.05) is 4.72 Å². The number of amides is 1. The largest absolute Gasteiger partial charge is 0.289 e. The van der Waals surface area contributed by atoms with Gasteiger partial charge in [-0.05, 0) is 42.0 Å². The Labute approximate surface area is 136 Å². The van der Waals surface area contributed by atoms with Crippen LogP contribution in [0.25, 0.3) is 0 Å². The van der Waals surface area contributed by atoms with Gasteiger partial charge in [0.25, 0.3) is 10.0 Å². The highest BCUT2D eigenvalue weighted by Crippen LogP contribution is 2.19. The SMILES string of the molecule is O=C(Cc1ccc(NS(=O)(=O)c2ccc(Br)cc2)cc1)NO. The number of rotatable bonds is 5. The second-order valence-electron chi connectivity index (χ2n) is 4.47. The number of halogens is 1. The number of benzene rings is 2. The molecule has 22 heavy (non-hydrogen) atoms. The molecule has 116 valence electrons. The van der Waals surface area contributed by atoms with E-state index in [0.29, 0.717) is 11.3 Å². The van der Waals surface area contributed by atoms with Gasteiger partial charge in [0.2, 0.25) is 5.91 Å². The van der Waals surface area contributed by atoms with E-state index >= 15 is 0 Å². The van der Waals surface area contributed by atoms with Gasteiger partial charge in [-0.25, -0.2) is 13.9 Å². The van der Waals surface area contributed by atoms with Gasteiger partial charge >= 0.3 is 0 Å². The third kappa shape index (κ3) is 4.30. The van der Waals surface area contributed by atoms with Crippen LogP contribution in [0.1, 0.15) is 5.56 Å². The molecule has 0 saturated heterocycles. The molecule has 0 saturated carbocycles. The average Bonchev–Trinajstić information content (AvgIpc) is 2.49. The third-order valence-corrected chi connectivity index (χ3v) is 4.75. The Hall–Kier alpha value is -1.90. The number of carbonyl (C=O) groups is 1. The summed E-state index contributed by atoms with van der Waals surface area (Å²) in [5, 5.41) is 8.45. The summed E-state index contributed by atoms with van der Waals surface area (Å²) >= 11 is 3.25. The smallest absolute Gasteiger partial charge is 0.261 e. The number of sulfonamides is 1. The second-order valence-corrected chi connectivity index (χ2v) is 7.07. The van der Waals surface area contributed by atoms with Crippen LogP contribution in [0.3, 0.4) is 0 Å². The lowest BCUT2D eigenvalue weighted by atomic mass is 10.1. The van der Waals surface area contributed by atoms with Crippen LogP contribution in [0.4, 0.5) is 5.69 Å². The average molecular weight is 385 g/mol. The fraction of sp³-hybridized carbons (Fsp3) is 0.0714. The Morgan fingerprint density at radius 3 is 2.18 bits per heavy atom. The van der Waals surface area contributed by atoms with Gasteiger partial charge in [0, 0.05) is 10.2 Å². The van der Waals surface area contributed by atoms with Crippen LogP contribution in [0.2, 0.25) is 0 Å². The summed E-state index contributed by atoms with van der Waals surface area (Å²) in [6.45, 7) is 0. The van der Waals surface area contributed by atoms with Crippen molar-refractivity contribution < 1.29 is 18.4 Å². The first-order chi connectivity index (χ1) is 10.4. The summed E-state index contributed by atoms with van der Waals surface area (Å²) < 4.78 is 27.6. The van der Waals surface area contributed by atoms with Crippen LogP contribution in [-0.4, -0.2) is 19.5 Å². The van der Waals surface area contributed by atoms with Crippen LogP contribution in [0.15, 0.2) is 57.9 Å². The van der Waals surface area contributed by atoms with Gasteiger partial charge in [0.05, 0.1) is 11.3 Å². The van der Waals surface area contributed by atoms with Crippen molar-refractivity contribution in [2.24, 2.45) is 0 Å². The lowest BCUT2D eigenvalue weighted by Gasteiger charge is -2.09. The monoisotopic (exact) mass is 384 g/mol. The first-order valence-corrected chi connectivity index (χ1v) is 8.48. The molecule has 0 heterocycles. The standard InChI is InChI=1S/C14H13BrN2O4S/c15-11-3-7-13(8-4-11)22(20,21)17-12-5-1-10(2-6-12)9-14(18)16-19/h1-8,17,19H,9H2,(H,16,18). The minimum absolute atomic E-state index is 0.0102. The van der Waals surface area contributed by atoms with Gasteiger partial charge in [-0.1, -0.05) is 28.1 Å². The lowest BCUT2D eigenvalue weighted by Crippen LogP contribution is -2.20. The Balaban J connectivity index is 2.13. The molecule has 6 nitrogen and oxygen atoms in total. The number of anilines is 1. The lowest BCUT2D eigenvalue weighted by molar-refractivity contribution is -0.128. The molecule has 0 atom stereocenters. The molecule has 0 spiro atoms.